The largest absolute Gasteiger partial charge is 0.325 e. The first kappa shape index (κ1) is 9.66. The van der Waals surface area contributed by atoms with Crippen LogP contribution in [0.25, 0.3) is 0 Å². The summed E-state index contributed by atoms with van der Waals surface area (Å²) in [5, 5.41) is 0. The molecule has 0 radical (unpaired) electrons. The average molecular weight is 193 g/mol. The van der Waals surface area contributed by atoms with E-state index in [0.717, 1.165) is 24.8 Å². The van der Waals surface area contributed by atoms with Crippen molar-refractivity contribution in [1.82, 2.24) is 0 Å². The molecule has 2 atom stereocenters. The number of rotatable bonds is 3. The minimum absolute atomic E-state index is 0.0116. The third-order valence-electron chi connectivity index (χ3n) is 3.33. The molecule has 2 heteroatoms. The van der Waals surface area contributed by atoms with Gasteiger partial charge in [-0.3, -0.25) is 0 Å². The van der Waals surface area contributed by atoms with Crippen LogP contribution in [0.15, 0.2) is 24.3 Å². The second-order valence-corrected chi connectivity index (χ2v) is 4.43. The van der Waals surface area contributed by atoms with Crippen LogP contribution in [0, 0.1) is 11.7 Å². The second kappa shape index (κ2) is 3.35. The highest BCUT2D eigenvalue weighted by atomic mass is 19.1. The molecule has 0 saturated heterocycles. The fraction of sp³-hybridized carbons (Fsp3) is 0.500. The molecule has 1 saturated carbocycles. The van der Waals surface area contributed by atoms with Gasteiger partial charge in [0.15, 0.2) is 0 Å². The quantitative estimate of drug-likeness (QED) is 0.784. The standard InChI is InChI=1S/C12H16FN/c1-9-8-12(9,14)7-6-10-4-2-3-5-11(10)13/h2-5,9H,6-8,14H2,1H3. The van der Waals surface area contributed by atoms with Gasteiger partial charge in [0.25, 0.3) is 0 Å². The predicted octanol–water partition coefficient (Wildman–Crippen LogP) is 2.50. The highest BCUT2D eigenvalue weighted by molar-refractivity contribution is 5.19. The molecular formula is C12H16FN. The fourth-order valence-corrected chi connectivity index (χ4v) is 1.93. The maximum atomic E-state index is 13.2. The van der Waals surface area contributed by atoms with Crippen LogP contribution < -0.4 is 5.73 Å². The van der Waals surface area contributed by atoms with Crippen molar-refractivity contribution in [2.75, 3.05) is 0 Å². The number of aryl methyl sites for hydroxylation is 1. The van der Waals surface area contributed by atoms with E-state index in [2.05, 4.69) is 6.92 Å². The molecule has 0 aliphatic heterocycles. The molecule has 1 fully saturated rings. The fourth-order valence-electron chi connectivity index (χ4n) is 1.93. The molecule has 0 amide bonds. The Morgan fingerprint density at radius 3 is 2.71 bits per heavy atom. The van der Waals surface area contributed by atoms with E-state index in [0.29, 0.717) is 5.92 Å². The van der Waals surface area contributed by atoms with E-state index in [4.69, 9.17) is 5.73 Å². The lowest BCUT2D eigenvalue weighted by Gasteiger charge is -2.10. The van der Waals surface area contributed by atoms with Gasteiger partial charge in [0, 0.05) is 5.54 Å². The monoisotopic (exact) mass is 193 g/mol. The van der Waals surface area contributed by atoms with Gasteiger partial charge in [-0.1, -0.05) is 25.1 Å². The van der Waals surface area contributed by atoms with Crippen LogP contribution in [-0.2, 0) is 6.42 Å². The molecule has 1 nitrogen and oxygen atoms in total. The zero-order chi connectivity index (χ0) is 10.2. The smallest absolute Gasteiger partial charge is 0.126 e. The van der Waals surface area contributed by atoms with Crippen LogP contribution in [0.1, 0.15) is 25.3 Å². The first-order valence-electron chi connectivity index (χ1n) is 5.14. The highest BCUT2D eigenvalue weighted by Gasteiger charge is 2.46. The van der Waals surface area contributed by atoms with Gasteiger partial charge in [-0.05, 0) is 36.8 Å². The first-order chi connectivity index (χ1) is 6.62. The summed E-state index contributed by atoms with van der Waals surface area (Å²) in [5.74, 6) is 0.499. The van der Waals surface area contributed by atoms with Crippen LogP contribution in [0.3, 0.4) is 0 Å². The summed E-state index contributed by atoms with van der Waals surface area (Å²) in [6.07, 6.45) is 2.74. The third-order valence-corrected chi connectivity index (χ3v) is 3.33. The molecule has 1 aromatic rings. The average Bonchev–Trinajstić information content (AvgIpc) is 2.74. The summed E-state index contributed by atoms with van der Waals surface area (Å²) in [6, 6.07) is 6.94. The normalized spacial score (nSPS) is 30.4. The molecule has 14 heavy (non-hydrogen) atoms. The van der Waals surface area contributed by atoms with Gasteiger partial charge in [0.05, 0.1) is 0 Å². The van der Waals surface area contributed by atoms with Gasteiger partial charge in [-0.25, -0.2) is 4.39 Å². The lowest BCUT2D eigenvalue weighted by molar-refractivity contribution is 0.545. The minimum Gasteiger partial charge on any atom is -0.325 e. The Morgan fingerprint density at radius 2 is 2.14 bits per heavy atom. The molecule has 1 aromatic carbocycles. The van der Waals surface area contributed by atoms with Gasteiger partial charge in [0.2, 0.25) is 0 Å². The van der Waals surface area contributed by atoms with Crippen LogP contribution in [0.5, 0.6) is 0 Å². The van der Waals surface area contributed by atoms with E-state index >= 15 is 0 Å². The van der Waals surface area contributed by atoms with Crippen molar-refractivity contribution in [3.05, 3.63) is 35.6 Å². The summed E-state index contributed by atoms with van der Waals surface area (Å²) in [7, 11) is 0. The summed E-state index contributed by atoms with van der Waals surface area (Å²) in [6.45, 7) is 2.15. The molecule has 0 spiro atoms. The predicted molar refractivity (Wildman–Crippen MR) is 55.4 cm³/mol. The van der Waals surface area contributed by atoms with E-state index < -0.39 is 0 Å². The van der Waals surface area contributed by atoms with E-state index in [9.17, 15) is 4.39 Å². The van der Waals surface area contributed by atoms with E-state index in [1.807, 2.05) is 12.1 Å². The molecule has 0 aromatic heterocycles. The van der Waals surface area contributed by atoms with E-state index in [1.165, 1.54) is 6.07 Å². The number of hydrogen-bond donors (Lipinski definition) is 1. The summed E-state index contributed by atoms with van der Waals surface area (Å²) >= 11 is 0. The number of nitrogens with two attached hydrogens (primary N) is 1. The molecule has 2 unspecified atom stereocenters. The number of hydrogen-bond acceptors (Lipinski definition) is 1. The number of halogens is 1. The summed E-state index contributed by atoms with van der Waals surface area (Å²) < 4.78 is 13.2. The van der Waals surface area contributed by atoms with Crippen molar-refractivity contribution in [2.24, 2.45) is 11.7 Å². The molecule has 0 bridgehead atoms. The van der Waals surface area contributed by atoms with Crippen molar-refractivity contribution in [3.8, 4) is 0 Å². The molecule has 1 aliphatic carbocycles. The van der Waals surface area contributed by atoms with Crippen molar-refractivity contribution in [3.63, 3.8) is 0 Å². The molecule has 76 valence electrons. The summed E-state index contributed by atoms with van der Waals surface area (Å²) in [4.78, 5) is 0. The Morgan fingerprint density at radius 1 is 1.50 bits per heavy atom. The maximum absolute atomic E-state index is 13.2. The summed E-state index contributed by atoms with van der Waals surface area (Å²) in [5.41, 5.74) is 6.84. The molecule has 1 aliphatic rings. The first-order valence-corrected chi connectivity index (χ1v) is 5.14. The van der Waals surface area contributed by atoms with Gasteiger partial charge in [-0.2, -0.15) is 0 Å². The van der Waals surface area contributed by atoms with Crippen LogP contribution >= 0.6 is 0 Å². The number of benzene rings is 1. The lowest BCUT2D eigenvalue weighted by atomic mass is 10.0. The van der Waals surface area contributed by atoms with Crippen molar-refractivity contribution < 1.29 is 4.39 Å². The third kappa shape index (κ3) is 1.80. The SMILES string of the molecule is CC1CC1(N)CCc1ccccc1F. The van der Waals surface area contributed by atoms with E-state index in [1.54, 1.807) is 6.07 Å². The van der Waals surface area contributed by atoms with Gasteiger partial charge in [0.1, 0.15) is 5.82 Å². The molecular weight excluding hydrogens is 177 g/mol. The maximum Gasteiger partial charge on any atom is 0.126 e. The van der Waals surface area contributed by atoms with Gasteiger partial charge < -0.3 is 5.73 Å². The zero-order valence-corrected chi connectivity index (χ0v) is 8.46. The Hall–Kier alpha value is -0.890. The van der Waals surface area contributed by atoms with Gasteiger partial charge >= 0.3 is 0 Å². The second-order valence-electron chi connectivity index (χ2n) is 4.43. The Balaban J connectivity index is 1.96. The van der Waals surface area contributed by atoms with Gasteiger partial charge in [-0.15, -0.1) is 0 Å². The Labute approximate surface area is 84.1 Å². The Kier molecular flexibility index (Phi) is 2.31. The minimum atomic E-state index is -0.107. The lowest BCUT2D eigenvalue weighted by Crippen LogP contribution is -2.25. The molecule has 2 rings (SSSR count). The van der Waals surface area contributed by atoms with Crippen molar-refractivity contribution in [2.45, 2.75) is 31.7 Å². The highest BCUT2D eigenvalue weighted by Crippen LogP contribution is 2.43. The van der Waals surface area contributed by atoms with Crippen molar-refractivity contribution >= 4 is 0 Å². The van der Waals surface area contributed by atoms with Crippen LogP contribution in [0.4, 0.5) is 4.39 Å². The zero-order valence-electron chi connectivity index (χ0n) is 8.46. The van der Waals surface area contributed by atoms with Crippen LogP contribution in [-0.4, -0.2) is 5.54 Å². The van der Waals surface area contributed by atoms with Crippen LogP contribution in [0.2, 0.25) is 0 Å². The molecule has 0 heterocycles. The van der Waals surface area contributed by atoms with E-state index in [-0.39, 0.29) is 11.4 Å². The van der Waals surface area contributed by atoms with Crippen molar-refractivity contribution in [1.29, 1.82) is 0 Å². The Bertz CT molecular complexity index is 337. The topological polar surface area (TPSA) is 26.0 Å². The molecule has 2 N–H and O–H groups in total.